The Hall–Kier alpha value is 2.13. The number of guanidine groups is 3. The van der Waals surface area contributed by atoms with E-state index < -0.39 is 18.1 Å². The molecule has 13 heteroatoms. The van der Waals surface area contributed by atoms with E-state index in [1.165, 1.54) is 0 Å². The minimum Gasteiger partial charge on any atom is -0.844 e. The Morgan fingerprint density at radius 2 is 0.789 bits per heavy atom. The third kappa shape index (κ3) is 4.55. The molecule has 80 valence electrons. The first-order valence-electron chi connectivity index (χ1n) is 3.97. The van der Waals surface area contributed by atoms with Crippen molar-refractivity contribution in [3.05, 3.63) is 0 Å². The average molecular weight is 335 g/mol. The maximum atomic E-state index is 11.0. The summed E-state index contributed by atoms with van der Waals surface area (Å²) in [5, 5.41) is 33.0. The van der Waals surface area contributed by atoms with Crippen molar-refractivity contribution < 1.29 is 169 Å². The molecule has 0 atom stereocenters. The zero-order valence-corrected chi connectivity index (χ0v) is 19.7. The zero-order chi connectivity index (χ0) is 11.3. The van der Waals surface area contributed by atoms with Crippen molar-refractivity contribution in [1.29, 1.82) is 0 Å². The van der Waals surface area contributed by atoms with Crippen LogP contribution in [0.1, 0.15) is 0 Å². The minimum absolute atomic E-state index is 0. The number of hydrogen-bond acceptors (Lipinski definition) is 10. The molecule has 0 N–H and O–H groups in total. The summed E-state index contributed by atoms with van der Waals surface area (Å²) >= 11 is 0. The van der Waals surface area contributed by atoms with Crippen LogP contribution < -0.4 is 169 Å². The topological polar surface area (TPSA) is 147 Å². The first-order chi connectivity index (χ1) is 7.63. The van der Waals surface area contributed by atoms with Crippen molar-refractivity contribution in [2.24, 2.45) is 30.0 Å². The predicted molar refractivity (Wildman–Crippen MR) is 46.4 cm³/mol. The van der Waals surface area contributed by atoms with E-state index in [1.807, 2.05) is 0 Å². The van der Waals surface area contributed by atoms with Gasteiger partial charge in [0.15, 0.2) is 0 Å². The molecule has 0 aliphatic carbocycles. The molecule has 0 amide bonds. The van der Waals surface area contributed by atoms with Gasteiger partial charge in [-0.3, -0.25) is 0 Å². The van der Waals surface area contributed by atoms with Crippen LogP contribution in [0.4, 0.5) is 0 Å². The number of nitrogens with zero attached hydrogens (tertiary/aromatic N) is 7. The van der Waals surface area contributed by atoms with Gasteiger partial charge in [-0.15, -0.1) is 0 Å². The molecule has 3 aliphatic rings. The van der Waals surface area contributed by atoms with Crippen molar-refractivity contribution in [2.45, 2.75) is 0 Å². The molecule has 0 saturated carbocycles. The summed E-state index contributed by atoms with van der Waals surface area (Å²) in [7, 11) is 0. The fraction of sp³-hybridized carbons (Fsp3) is 0. The van der Waals surface area contributed by atoms with Crippen molar-refractivity contribution in [1.82, 2.24) is 4.90 Å². The molecule has 0 bridgehead atoms. The first-order valence-corrected chi connectivity index (χ1v) is 3.97. The number of aliphatic imine (C=N–C) groups is 6. The molecule has 3 rings (SSSR count). The van der Waals surface area contributed by atoms with Gasteiger partial charge in [-0.1, -0.05) is 0 Å². The maximum Gasteiger partial charge on any atom is 1.00 e. The van der Waals surface area contributed by atoms with Gasteiger partial charge < -0.3 is 15.3 Å². The molecule has 19 heavy (non-hydrogen) atoms. The summed E-state index contributed by atoms with van der Waals surface area (Å²) in [5.41, 5.74) is 0. The van der Waals surface area contributed by atoms with E-state index in [0.29, 0.717) is 0 Å². The van der Waals surface area contributed by atoms with Gasteiger partial charge in [0.1, 0.15) is 0 Å². The summed E-state index contributed by atoms with van der Waals surface area (Å²) < 4.78 is 0. The normalized spacial score (nSPS) is 18.6. The molecule has 0 radical (unpaired) electrons. The van der Waals surface area contributed by atoms with E-state index >= 15 is 0 Å². The van der Waals surface area contributed by atoms with Crippen LogP contribution in [0, 0.1) is 0 Å². The number of rotatable bonds is 0. The fourth-order valence-corrected chi connectivity index (χ4v) is 1.23. The molecular formula is C6K3N7O3. The van der Waals surface area contributed by atoms with Crippen LogP contribution in [-0.2, 0) is 0 Å². The average Bonchev–Trinajstić information content (AvgIpc) is 2.14. The van der Waals surface area contributed by atoms with E-state index in [-0.39, 0.29) is 172 Å². The molecule has 10 nitrogen and oxygen atoms in total. The molecule has 3 aliphatic heterocycles. The Kier molecular flexibility index (Phi) is 9.65. The first kappa shape index (κ1) is 21.1. The van der Waals surface area contributed by atoms with Crippen LogP contribution in [0.3, 0.4) is 0 Å². The Labute approximate surface area is 234 Å². The molecule has 3 heterocycles. The SMILES string of the molecule is [K+].[K+].[K+].[O-]C1=NC2=NC([O-])=NC3=NC([O-])=NC(=N1)N23. The van der Waals surface area contributed by atoms with Gasteiger partial charge in [-0.2, -0.15) is 0 Å². The summed E-state index contributed by atoms with van der Waals surface area (Å²) in [6.45, 7) is 0. The summed E-state index contributed by atoms with van der Waals surface area (Å²) in [4.78, 5) is 21.3. The standard InChI is InChI=1S/C6H3N7O3.3K/c14-4-7-1-8-5(15)10-3-12-6(16)11-2(9-4)13(1)3;;;/h(H3,7,8,9,10,11,12,14,15,16);;;/q;3*+1/p-3. The molecule has 0 aromatic carbocycles. The van der Waals surface area contributed by atoms with E-state index in [1.54, 1.807) is 0 Å². The van der Waals surface area contributed by atoms with Gasteiger partial charge in [-0.25, -0.2) is 34.9 Å². The third-order valence-corrected chi connectivity index (χ3v) is 1.77. The number of amidine groups is 3. The van der Waals surface area contributed by atoms with Gasteiger partial charge in [0, 0.05) is 0 Å². The Morgan fingerprint density at radius 3 is 1.05 bits per heavy atom. The van der Waals surface area contributed by atoms with Crippen LogP contribution in [0.5, 0.6) is 0 Å². The third-order valence-electron chi connectivity index (χ3n) is 1.77. The zero-order valence-electron chi connectivity index (χ0n) is 10.4. The van der Waals surface area contributed by atoms with Gasteiger partial charge in [0.2, 0.25) is 17.9 Å². The molecule has 0 aromatic heterocycles. The van der Waals surface area contributed by atoms with Crippen molar-refractivity contribution in [3.8, 4) is 0 Å². The molecule has 0 unspecified atom stereocenters. The molecular weight excluding hydrogens is 335 g/mol. The minimum atomic E-state index is -0.891. The van der Waals surface area contributed by atoms with Crippen molar-refractivity contribution >= 4 is 35.9 Å². The summed E-state index contributed by atoms with van der Waals surface area (Å²) in [6, 6.07) is -2.67. The van der Waals surface area contributed by atoms with Gasteiger partial charge in [0.25, 0.3) is 0 Å². The van der Waals surface area contributed by atoms with Crippen LogP contribution in [0.15, 0.2) is 30.0 Å². The van der Waals surface area contributed by atoms with Crippen molar-refractivity contribution in [3.63, 3.8) is 0 Å². The molecule has 0 spiro atoms. The van der Waals surface area contributed by atoms with Gasteiger partial charge >= 0.3 is 154 Å². The summed E-state index contributed by atoms with van der Waals surface area (Å²) in [6.07, 6.45) is 0. The van der Waals surface area contributed by atoms with E-state index in [9.17, 15) is 15.3 Å². The Bertz CT molecular complexity index is 498. The largest absolute Gasteiger partial charge is 1.00 e. The quantitative estimate of drug-likeness (QED) is 0.404. The van der Waals surface area contributed by atoms with Crippen LogP contribution in [0.25, 0.3) is 0 Å². The monoisotopic (exact) mass is 335 g/mol. The van der Waals surface area contributed by atoms with Crippen molar-refractivity contribution in [2.75, 3.05) is 0 Å². The van der Waals surface area contributed by atoms with Crippen LogP contribution >= 0.6 is 0 Å². The second-order valence-corrected chi connectivity index (χ2v) is 2.75. The van der Waals surface area contributed by atoms with E-state index in [2.05, 4.69) is 30.0 Å². The molecule has 0 fully saturated rings. The predicted octanol–water partition coefficient (Wildman–Crippen LogP) is -13.4. The van der Waals surface area contributed by atoms with Gasteiger partial charge in [-0.05, 0) is 0 Å². The van der Waals surface area contributed by atoms with Gasteiger partial charge in [0.05, 0.1) is 18.1 Å². The Morgan fingerprint density at radius 1 is 0.526 bits per heavy atom. The van der Waals surface area contributed by atoms with E-state index in [0.717, 1.165) is 4.90 Å². The second-order valence-electron chi connectivity index (χ2n) is 2.75. The Balaban J connectivity index is 0.00000108. The summed E-state index contributed by atoms with van der Waals surface area (Å²) in [5.74, 6) is -0.694. The van der Waals surface area contributed by atoms with Crippen LogP contribution in [0.2, 0.25) is 0 Å². The second kappa shape index (κ2) is 8.68. The fourth-order valence-electron chi connectivity index (χ4n) is 1.23. The molecule has 0 aromatic rings. The van der Waals surface area contributed by atoms with Crippen LogP contribution in [-0.4, -0.2) is 40.8 Å². The molecule has 0 saturated heterocycles. The van der Waals surface area contributed by atoms with E-state index in [4.69, 9.17) is 0 Å². The maximum absolute atomic E-state index is 11.0. The number of hydrogen-bond donors (Lipinski definition) is 0. The smallest absolute Gasteiger partial charge is 0.844 e.